The van der Waals surface area contributed by atoms with Crippen LogP contribution >= 0.6 is 0 Å². The maximum absolute atomic E-state index is 13.5. The van der Waals surface area contributed by atoms with Crippen LogP contribution in [0.1, 0.15) is 19.8 Å². The van der Waals surface area contributed by atoms with Crippen LogP contribution in [-0.2, 0) is 0 Å². The number of pyridine rings is 2. The zero-order chi connectivity index (χ0) is 25.4. The predicted molar refractivity (Wildman–Crippen MR) is 147 cm³/mol. The Morgan fingerprint density at radius 2 is 1.70 bits per heavy atom. The van der Waals surface area contributed by atoms with Gasteiger partial charge in [0, 0.05) is 45.5 Å². The Labute approximate surface area is 213 Å². The SMILES string of the molecule is C=C(CCC)Nc1cncc(-c2ccc3[nH]nc(-c4cc5c(-c6ccc(F)cc6)nccc5[nH]4)c3c2)c1. The molecule has 0 amide bonds. The molecule has 0 fully saturated rings. The van der Waals surface area contributed by atoms with Crippen molar-refractivity contribution in [2.24, 2.45) is 0 Å². The Hall–Kier alpha value is -4.78. The van der Waals surface area contributed by atoms with Crippen molar-refractivity contribution in [2.45, 2.75) is 19.8 Å². The third-order valence-electron chi connectivity index (χ3n) is 6.43. The van der Waals surface area contributed by atoms with Crippen LogP contribution in [0, 0.1) is 5.82 Å². The Kier molecular flexibility index (Phi) is 5.73. The molecule has 4 heterocycles. The first-order chi connectivity index (χ1) is 18.1. The van der Waals surface area contributed by atoms with E-state index in [1.165, 1.54) is 12.1 Å². The first-order valence-electron chi connectivity index (χ1n) is 12.2. The molecule has 37 heavy (non-hydrogen) atoms. The molecule has 0 saturated carbocycles. The number of allylic oxidation sites excluding steroid dienone is 1. The van der Waals surface area contributed by atoms with Gasteiger partial charge in [0.1, 0.15) is 11.5 Å². The van der Waals surface area contributed by atoms with Crippen LogP contribution in [0.25, 0.3) is 55.6 Å². The molecular formula is C30H25FN6. The summed E-state index contributed by atoms with van der Waals surface area (Å²) >= 11 is 0. The molecule has 3 N–H and O–H groups in total. The van der Waals surface area contributed by atoms with Gasteiger partial charge in [0.2, 0.25) is 0 Å². The van der Waals surface area contributed by atoms with Crippen LogP contribution in [0.5, 0.6) is 0 Å². The van der Waals surface area contributed by atoms with Crippen molar-refractivity contribution in [3.63, 3.8) is 0 Å². The largest absolute Gasteiger partial charge is 0.358 e. The standard InChI is InChI=1S/C30H25FN6/c1-3-4-18(2)34-23-13-21(16-32-17-23)20-7-10-27-24(14-20)30(37-36-27)28-15-25-26(35-28)11-12-33-29(25)19-5-8-22(31)9-6-19/h5-17,34-35H,2-4H2,1H3,(H,36,37). The molecule has 0 radical (unpaired) electrons. The van der Waals surface area contributed by atoms with Crippen molar-refractivity contribution in [2.75, 3.05) is 5.32 Å². The average molecular weight is 489 g/mol. The number of fused-ring (bicyclic) bond motifs is 2. The Bertz CT molecular complexity index is 1750. The van der Waals surface area contributed by atoms with Gasteiger partial charge in [0.25, 0.3) is 0 Å². The Balaban J connectivity index is 1.40. The van der Waals surface area contributed by atoms with Crippen LogP contribution in [0.15, 0.2) is 91.5 Å². The van der Waals surface area contributed by atoms with Crippen LogP contribution in [0.3, 0.4) is 0 Å². The molecule has 0 aliphatic rings. The number of hydrogen-bond donors (Lipinski definition) is 3. The number of aromatic nitrogens is 5. The van der Waals surface area contributed by atoms with Gasteiger partial charge in [-0.05, 0) is 66.6 Å². The highest BCUT2D eigenvalue weighted by Gasteiger charge is 2.15. The van der Waals surface area contributed by atoms with E-state index in [1.54, 1.807) is 18.3 Å². The third-order valence-corrected chi connectivity index (χ3v) is 6.43. The van der Waals surface area contributed by atoms with E-state index < -0.39 is 0 Å². The van der Waals surface area contributed by atoms with E-state index in [0.717, 1.165) is 79.8 Å². The van der Waals surface area contributed by atoms with Crippen LogP contribution in [0.2, 0.25) is 0 Å². The van der Waals surface area contributed by atoms with Gasteiger partial charge in [-0.25, -0.2) is 4.39 Å². The molecule has 0 aliphatic carbocycles. The molecule has 6 aromatic rings. The van der Waals surface area contributed by atoms with E-state index >= 15 is 0 Å². The number of hydrogen-bond acceptors (Lipinski definition) is 4. The number of halogens is 1. The van der Waals surface area contributed by atoms with Gasteiger partial charge in [-0.15, -0.1) is 0 Å². The minimum atomic E-state index is -0.271. The van der Waals surface area contributed by atoms with Gasteiger partial charge in [-0.1, -0.05) is 26.0 Å². The first kappa shape index (κ1) is 22.7. The second kappa shape index (κ2) is 9.35. The molecule has 0 saturated heterocycles. The number of H-pyrrole nitrogens is 2. The van der Waals surface area contributed by atoms with Crippen molar-refractivity contribution >= 4 is 27.5 Å². The molecule has 0 spiro atoms. The third kappa shape index (κ3) is 4.36. The van der Waals surface area contributed by atoms with E-state index in [-0.39, 0.29) is 5.82 Å². The number of aromatic amines is 2. The van der Waals surface area contributed by atoms with Crippen molar-refractivity contribution in [3.8, 4) is 33.8 Å². The maximum Gasteiger partial charge on any atom is 0.123 e. The highest BCUT2D eigenvalue weighted by Crippen LogP contribution is 2.34. The quantitative estimate of drug-likeness (QED) is 0.215. The normalized spacial score (nSPS) is 11.3. The highest BCUT2D eigenvalue weighted by atomic mass is 19.1. The molecule has 6 nitrogen and oxygen atoms in total. The molecule has 0 atom stereocenters. The van der Waals surface area contributed by atoms with Gasteiger partial charge in [0.15, 0.2) is 0 Å². The summed E-state index contributed by atoms with van der Waals surface area (Å²) in [4.78, 5) is 12.5. The monoisotopic (exact) mass is 488 g/mol. The van der Waals surface area contributed by atoms with Gasteiger partial charge in [-0.3, -0.25) is 15.1 Å². The lowest BCUT2D eigenvalue weighted by Crippen LogP contribution is -1.98. The first-order valence-corrected chi connectivity index (χ1v) is 12.2. The summed E-state index contributed by atoms with van der Waals surface area (Å²) in [5, 5.41) is 13.1. The second-order valence-electron chi connectivity index (χ2n) is 9.08. The Morgan fingerprint density at radius 1 is 0.892 bits per heavy atom. The van der Waals surface area contributed by atoms with Gasteiger partial charge in [-0.2, -0.15) is 5.10 Å². The van der Waals surface area contributed by atoms with E-state index in [0.29, 0.717) is 0 Å². The Morgan fingerprint density at radius 3 is 2.54 bits per heavy atom. The molecule has 182 valence electrons. The lowest BCUT2D eigenvalue weighted by atomic mass is 10.0. The number of nitrogens with zero attached hydrogens (tertiary/aromatic N) is 3. The molecule has 2 aromatic carbocycles. The van der Waals surface area contributed by atoms with Crippen molar-refractivity contribution in [1.29, 1.82) is 0 Å². The van der Waals surface area contributed by atoms with E-state index in [4.69, 9.17) is 0 Å². The molecule has 4 aromatic heterocycles. The topological polar surface area (TPSA) is 82.3 Å². The fourth-order valence-electron chi connectivity index (χ4n) is 4.65. The van der Waals surface area contributed by atoms with Crippen LogP contribution < -0.4 is 5.32 Å². The van der Waals surface area contributed by atoms with Crippen molar-refractivity contribution < 1.29 is 4.39 Å². The fraction of sp³-hybridized carbons (Fsp3) is 0.100. The molecule has 0 bridgehead atoms. The molecular weight excluding hydrogens is 463 g/mol. The maximum atomic E-state index is 13.5. The summed E-state index contributed by atoms with van der Waals surface area (Å²) < 4.78 is 13.5. The number of anilines is 1. The zero-order valence-corrected chi connectivity index (χ0v) is 20.3. The van der Waals surface area contributed by atoms with Crippen molar-refractivity contribution in [1.82, 2.24) is 25.1 Å². The van der Waals surface area contributed by atoms with Gasteiger partial charge in [0.05, 0.1) is 28.8 Å². The van der Waals surface area contributed by atoms with E-state index in [9.17, 15) is 4.39 Å². The van der Waals surface area contributed by atoms with E-state index in [1.807, 2.05) is 24.5 Å². The van der Waals surface area contributed by atoms with E-state index in [2.05, 4.69) is 68.2 Å². The molecule has 7 heteroatoms. The van der Waals surface area contributed by atoms with Gasteiger partial charge < -0.3 is 10.3 Å². The number of nitrogens with one attached hydrogen (secondary N) is 3. The minimum Gasteiger partial charge on any atom is -0.358 e. The summed E-state index contributed by atoms with van der Waals surface area (Å²) in [5.41, 5.74) is 9.15. The summed E-state index contributed by atoms with van der Waals surface area (Å²) in [6.45, 7) is 6.22. The molecule has 0 aliphatic heterocycles. The second-order valence-corrected chi connectivity index (χ2v) is 9.08. The summed E-state index contributed by atoms with van der Waals surface area (Å²) in [5.74, 6) is -0.271. The zero-order valence-electron chi connectivity index (χ0n) is 20.3. The number of rotatable bonds is 7. The van der Waals surface area contributed by atoms with Crippen LogP contribution in [0.4, 0.5) is 10.1 Å². The fourth-order valence-corrected chi connectivity index (χ4v) is 4.65. The lowest BCUT2D eigenvalue weighted by molar-refractivity contribution is 0.628. The lowest BCUT2D eigenvalue weighted by Gasteiger charge is -2.10. The predicted octanol–water partition coefficient (Wildman–Crippen LogP) is 7.70. The summed E-state index contributed by atoms with van der Waals surface area (Å²) in [6, 6.07) is 18.7. The summed E-state index contributed by atoms with van der Waals surface area (Å²) in [7, 11) is 0. The number of benzene rings is 2. The average Bonchev–Trinajstić information content (AvgIpc) is 3.53. The smallest absolute Gasteiger partial charge is 0.123 e. The van der Waals surface area contributed by atoms with Gasteiger partial charge >= 0.3 is 0 Å². The summed E-state index contributed by atoms with van der Waals surface area (Å²) in [6.07, 6.45) is 7.37. The molecule has 0 unspecified atom stereocenters. The van der Waals surface area contributed by atoms with Crippen molar-refractivity contribution in [3.05, 3.63) is 97.3 Å². The minimum absolute atomic E-state index is 0.271. The van der Waals surface area contributed by atoms with Crippen LogP contribution in [-0.4, -0.2) is 25.1 Å². The molecule has 6 rings (SSSR count). The highest BCUT2D eigenvalue weighted by molar-refractivity contribution is 6.00.